The Balaban J connectivity index is 3.53. The van der Waals surface area contributed by atoms with Crippen molar-refractivity contribution in [1.29, 1.82) is 0 Å². The highest BCUT2D eigenvalue weighted by Gasteiger charge is 2.18. The van der Waals surface area contributed by atoms with Gasteiger partial charge in [-0.15, -0.1) is 0 Å². The van der Waals surface area contributed by atoms with E-state index in [0.717, 1.165) is 18.8 Å². The van der Waals surface area contributed by atoms with Gasteiger partial charge in [0.25, 0.3) is 0 Å². The summed E-state index contributed by atoms with van der Waals surface area (Å²) >= 11 is 0. The lowest BCUT2D eigenvalue weighted by Crippen LogP contribution is -2.14. The van der Waals surface area contributed by atoms with Crippen LogP contribution >= 0.6 is 0 Å². The van der Waals surface area contributed by atoms with Gasteiger partial charge in [0.2, 0.25) is 0 Å². The molecule has 0 radical (unpaired) electrons. The first kappa shape index (κ1) is 14.9. The topological polar surface area (TPSA) is 40.5 Å². The van der Waals surface area contributed by atoms with Crippen molar-refractivity contribution in [3.8, 4) is 0 Å². The van der Waals surface area contributed by atoms with Gasteiger partial charge in [-0.25, -0.2) is 0 Å². The summed E-state index contributed by atoms with van der Waals surface area (Å²) in [6, 6.07) is 0. The van der Waals surface area contributed by atoms with Gasteiger partial charge in [0.15, 0.2) is 6.29 Å². The third-order valence-electron chi connectivity index (χ3n) is 3.27. The van der Waals surface area contributed by atoms with E-state index in [0.29, 0.717) is 11.8 Å². The summed E-state index contributed by atoms with van der Waals surface area (Å²) in [5.74, 6) is 0.746. The Morgan fingerprint density at radius 2 is 1.60 bits per heavy atom. The van der Waals surface area contributed by atoms with E-state index < -0.39 is 6.29 Å². The third-order valence-corrected chi connectivity index (χ3v) is 3.27. The largest absolute Gasteiger partial charge is 0.368 e. The molecule has 0 fully saturated rings. The minimum atomic E-state index is -1.12. The Bertz CT molecular complexity index is 153. The van der Waals surface area contributed by atoms with Crippen LogP contribution in [0.3, 0.4) is 0 Å². The van der Waals surface area contributed by atoms with E-state index in [4.69, 9.17) is 10.2 Å². The average Bonchev–Trinajstić information content (AvgIpc) is 2.11. The van der Waals surface area contributed by atoms with E-state index in [-0.39, 0.29) is 0 Å². The second-order valence-electron chi connectivity index (χ2n) is 5.59. The monoisotopic (exact) mass is 216 g/mol. The minimum Gasteiger partial charge on any atom is -0.368 e. The summed E-state index contributed by atoms with van der Waals surface area (Å²) in [7, 11) is 0. The molecular weight excluding hydrogens is 188 g/mol. The first-order valence-corrected chi connectivity index (χ1v) is 6.23. The molecule has 0 bridgehead atoms. The standard InChI is InChI=1S/C13H28O2/c1-5-13(3,4)10-11(2)8-6-7-9-12(14)15/h11-12,14-15H,5-10H2,1-4H3. The fourth-order valence-corrected chi connectivity index (χ4v) is 2.01. The normalized spacial score (nSPS) is 14.6. The van der Waals surface area contributed by atoms with Crippen molar-refractivity contribution in [2.24, 2.45) is 11.3 Å². The second-order valence-corrected chi connectivity index (χ2v) is 5.59. The Morgan fingerprint density at radius 1 is 1.07 bits per heavy atom. The molecule has 0 aromatic heterocycles. The Hall–Kier alpha value is -0.0800. The van der Waals surface area contributed by atoms with Crippen molar-refractivity contribution >= 4 is 0 Å². The van der Waals surface area contributed by atoms with Crippen LogP contribution in [-0.2, 0) is 0 Å². The van der Waals surface area contributed by atoms with Crippen LogP contribution in [0.2, 0.25) is 0 Å². The van der Waals surface area contributed by atoms with Crippen molar-refractivity contribution in [3.63, 3.8) is 0 Å². The number of hydrogen-bond acceptors (Lipinski definition) is 2. The predicted octanol–water partition coefficient (Wildman–Crippen LogP) is 3.32. The van der Waals surface area contributed by atoms with E-state index in [2.05, 4.69) is 27.7 Å². The van der Waals surface area contributed by atoms with E-state index in [1.54, 1.807) is 0 Å². The number of hydrogen-bond donors (Lipinski definition) is 2. The van der Waals surface area contributed by atoms with Gasteiger partial charge in [0, 0.05) is 0 Å². The smallest absolute Gasteiger partial charge is 0.151 e. The van der Waals surface area contributed by atoms with E-state index >= 15 is 0 Å². The lowest BCUT2D eigenvalue weighted by molar-refractivity contribution is -0.0467. The van der Waals surface area contributed by atoms with Crippen molar-refractivity contribution in [3.05, 3.63) is 0 Å². The first-order valence-electron chi connectivity index (χ1n) is 6.23. The maximum atomic E-state index is 8.70. The summed E-state index contributed by atoms with van der Waals surface area (Å²) < 4.78 is 0. The van der Waals surface area contributed by atoms with Gasteiger partial charge in [-0.05, 0) is 30.6 Å². The molecule has 0 aliphatic rings. The Morgan fingerprint density at radius 3 is 2.07 bits per heavy atom. The molecule has 0 aromatic rings. The van der Waals surface area contributed by atoms with Crippen molar-refractivity contribution in [2.45, 2.75) is 72.5 Å². The number of aliphatic hydroxyl groups excluding tert-OH is 1. The van der Waals surface area contributed by atoms with Crippen molar-refractivity contribution < 1.29 is 10.2 Å². The molecule has 0 saturated heterocycles. The van der Waals surface area contributed by atoms with Gasteiger partial charge in [0.1, 0.15) is 0 Å². The van der Waals surface area contributed by atoms with Crippen molar-refractivity contribution in [2.75, 3.05) is 0 Å². The van der Waals surface area contributed by atoms with Crippen LogP contribution in [-0.4, -0.2) is 16.5 Å². The van der Waals surface area contributed by atoms with Gasteiger partial charge in [-0.2, -0.15) is 0 Å². The minimum absolute atomic E-state index is 0.454. The number of rotatable bonds is 8. The van der Waals surface area contributed by atoms with Crippen LogP contribution in [0, 0.1) is 11.3 Å². The van der Waals surface area contributed by atoms with Crippen LogP contribution < -0.4 is 0 Å². The highest BCUT2D eigenvalue weighted by atomic mass is 16.5. The molecule has 15 heavy (non-hydrogen) atoms. The summed E-state index contributed by atoms with van der Waals surface area (Å²) in [5.41, 5.74) is 0.454. The molecule has 0 spiro atoms. The van der Waals surface area contributed by atoms with E-state index in [1.165, 1.54) is 19.3 Å². The van der Waals surface area contributed by atoms with Gasteiger partial charge in [0.05, 0.1) is 0 Å². The molecular formula is C13H28O2. The Labute approximate surface area is 94.7 Å². The highest BCUT2D eigenvalue weighted by molar-refractivity contribution is 4.70. The maximum Gasteiger partial charge on any atom is 0.151 e. The fraction of sp³-hybridized carbons (Fsp3) is 1.00. The summed E-state index contributed by atoms with van der Waals surface area (Å²) in [5, 5.41) is 17.4. The van der Waals surface area contributed by atoms with E-state index in [1.807, 2.05) is 0 Å². The molecule has 2 heteroatoms. The predicted molar refractivity (Wildman–Crippen MR) is 64.5 cm³/mol. The van der Waals surface area contributed by atoms with Gasteiger partial charge in [-0.1, -0.05) is 47.0 Å². The second kappa shape index (κ2) is 7.24. The van der Waals surface area contributed by atoms with Crippen LogP contribution in [0.5, 0.6) is 0 Å². The molecule has 0 aromatic carbocycles. The van der Waals surface area contributed by atoms with Crippen molar-refractivity contribution in [1.82, 2.24) is 0 Å². The maximum absolute atomic E-state index is 8.70. The zero-order valence-corrected chi connectivity index (χ0v) is 10.8. The molecule has 0 rings (SSSR count). The summed E-state index contributed by atoms with van der Waals surface area (Å²) in [6.45, 7) is 9.18. The quantitative estimate of drug-likeness (QED) is 0.482. The van der Waals surface area contributed by atoms with Crippen LogP contribution in [0.25, 0.3) is 0 Å². The number of aliphatic hydroxyl groups is 2. The molecule has 92 valence electrons. The van der Waals surface area contributed by atoms with E-state index in [9.17, 15) is 0 Å². The van der Waals surface area contributed by atoms with Crippen LogP contribution in [0.1, 0.15) is 66.2 Å². The summed E-state index contributed by atoms with van der Waals surface area (Å²) in [6.07, 6.45) is 5.14. The molecule has 0 aliphatic carbocycles. The molecule has 0 aliphatic heterocycles. The Kier molecular flexibility index (Phi) is 7.20. The zero-order chi connectivity index (χ0) is 11.9. The lowest BCUT2D eigenvalue weighted by atomic mass is 9.80. The van der Waals surface area contributed by atoms with Gasteiger partial charge in [-0.3, -0.25) is 0 Å². The van der Waals surface area contributed by atoms with Gasteiger partial charge < -0.3 is 10.2 Å². The fourth-order valence-electron chi connectivity index (χ4n) is 2.01. The molecule has 1 atom stereocenters. The molecule has 1 unspecified atom stereocenters. The summed E-state index contributed by atoms with van der Waals surface area (Å²) in [4.78, 5) is 0. The highest BCUT2D eigenvalue weighted by Crippen LogP contribution is 2.30. The molecule has 2 N–H and O–H groups in total. The molecule has 0 saturated carbocycles. The first-order chi connectivity index (χ1) is 6.87. The lowest BCUT2D eigenvalue weighted by Gasteiger charge is -2.26. The zero-order valence-electron chi connectivity index (χ0n) is 10.8. The average molecular weight is 216 g/mol. The van der Waals surface area contributed by atoms with Crippen LogP contribution in [0.15, 0.2) is 0 Å². The molecule has 0 amide bonds. The third kappa shape index (κ3) is 8.88. The SMILES string of the molecule is CCC(C)(C)CC(C)CCCCC(O)O. The molecule has 0 heterocycles. The number of unbranched alkanes of at least 4 members (excludes halogenated alkanes) is 1. The molecule has 2 nitrogen and oxygen atoms in total. The van der Waals surface area contributed by atoms with Gasteiger partial charge >= 0.3 is 0 Å². The van der Waals surface area contributed by atoms with Crippen LogP contribution in [0.4, 0.5) is 0 Å².